The van der Waals surface area contributed by atoms with Crippen LogP contribution in [0.15, 0.2) is 69.5 Å². The van der Waals surface area contributed by atoms with Crippen LogP contribution in [0, 0.1) is 0 Å². The van der Waals surface area contributed by atoms with Gasteiger partial charge in [0.25, 0.3) is 11.9 Å². The molecule has 0 saturated carbocycles. The van der Waals surface area contributed by atoms with Crippen molar-refractivity contribution in [3.05, 3.63) is 60.7 Å². The predicted octanol–water partition coefficient (Wildman–Crippen LogP) is 4.17. The summed E-state index contributed by atoms with van der Waals surface area (Å²) in [4.78, 5) is 0. The van der Waals surface area contributed by atoms with Crippen LogP contribution in [0.4, 0.5) is 0 Å². The fourth-order valence-electron chi connectivity index (χ4n) is 2.15. The summed E-state index contributed by atoms with van der Waals surface area (Å²) in [6, 6.07) is 18.9. The van der Waals surface area contributed by atoms with Crippen molar-refractivity contribution < 1.29 is 18.1 Å². The zero-order chi connectivity index (χ0) is 14.1. The number of furan rings is 2. The van der Waals surface area contributed by atoms with Crippen LogP contribution in [0.5, 0.6) is 11.9 Å². The second-order valence-corrected chi connectivity index (χ2v) is 4.54. The smallest absolute Gasteiger partial charge is 0.499 e. The monoisotopic (exact) mass is 277 g/mol. The number of hydrogen-bond acceptors (Lipinski definition) is 4. The van der Waals surface area contributed by atoms with Gasteiger partial charge in [0.2, 0.25) is 0 Å². The van der Waals surface area contributed by atoms with E-state index in [4.69, 9.17) is 18.1 Å². The molecule has 2 heterocycles. The first kappa shape index (κ1) is 12.0. The van der Waals surface area contributed by atoms with E-state index in [2.05, 4.69) is 0 Å². The van der Waals surface area contributed by atoms with E-state index in [9.17, 15) is 0 Å². The number of benzene rings is 2. The lowest BCUT2D eigenvalue weighted by atomic mass is 10.2. The van der Waals surface area contributed by atoms with Gasteiger partial charge in [0.1, 0.15) is 11.2 Å². The number of rotatable bonds is 4. The highest BCUT2D eigenvalue weighted by Gasteiger charge is 2.09. The van der Waals surface area contributed by atoms with Crippen molar-refractivity contribution in [1.29, 1.82) is 0 Å². The van der Waals surface area contributed by atoms with Crippen molar-refractivity contribution in [2.45, 2.75) is 0 Å². The highest BCUT2D eigenvalue weighted by atomic mass is 16.7. The quantitative estimate of drug-likeness (QED) is 0.525. The molecule has 21 heavy (non-hydrogen) atoms. The van der Waals surface area contributed by atoms with Crippen LogP contribution in [-0.2, 0) is 0 Å². The Balaban J connectivity index is 1.44. The molecule has 2 aromatic carbocycles. The van der Waals surface area contributed by atoms with Crippen molar-refractivity contribution in [1.82, 2.24) is 0 Å². The standard InChI is InChI=1S/C16H10BO4/c1-3-7-13-11(5-1)9-15(18-13)20-17-21-16-10-12-6-2-4-8-14(12)19-16/h1-10H. The fraction of sp³-hybridized carbons (Fsp3) is 0. The Kier molecular flexibility index (Phi) is 2.82. The maximum atomic E-state index is 5.50. The van der Waals surface area contributed by atoms with E-state index in [0.717, 1.165) is 21.9 Å². The van der Waals surface area contributed by atoms with Gasteiger partial charge < -0.3 is 18.1 Å². The SMILES string of the molecule is [B](Oc1cc2ccccc2o1)Oc1cc2ccccc2o1. The molecule has 0 fully saturated rings. The third kappa shape index (κ3) is 2.34. The van der Waals surface area contributed by atoms with E-state index in [1.165, 1.54) is 7.69 Å². The highest BCUT2D eigenvalue weighted by molar-refractivity contribution is 6.20. The van der Waals surface area contributed by atoms with Crippen LogP contribution in [0.25, 0.3) is 21.9 Å². The van der Waals surface area contributed by atoms with Gasteiger partial charge in [-0.05, 0) is 12.1 Å². The summed E-state index contributed by atoms with van der Waals surface area (Å²) in [5, 5.41) is 1.95. The summed E-state index contributed by atoms with van der Waals surface area (Å²) in [6.45, 7) is 0. The minimum absolute atomic E-state index is 0.368. The lowest BCUT2D eigenvalue weighted by molar-refractivity contribution is 0.341. The maximum Gasteiger partial charge on any atom is 0.662 e. The Morgan fingerprint density at radius 2 is 1.14 bits per heavy atom. The molecule has 5 heteroatoms. The first-order valence-electron chi connectivity index (χ1n) is 6.51. The summed E-state index contributed by atoms with van der Waals surface area (Å²) < 4.78 is 21.6. The molecule has 2 aromatic heterocycles. The summed E-state index contributed by atoms with van der Waals surface area (Å²) in [5.41, 5.74) is 1.54. The van der Waals surface area contributed by atoms with E-state index in [1.807, 2.05) is 48.5 Å². The molecule has 0 aliphatic rings. The molecule has 4 aromatic rings. The van der Waals surface area contributed by atoms with Crippen LogP contribution < -0.4 is 9.31 Å². The zero-order valence-corrected chi connectivity index (χ0v) is 11.0. The lowest BCUT2D eigenvalue weighted by Crippen LogP contribution is -2.09. The van der Waals surface area contributed by atoms with Crippen molar-refractivity contribution in [3.8, 4) is 11.9 Å². The summed E-state index contributed by atoms with van der Waals surface area (Å²) in [5.74, 6) is 0.736. The molecule has 101 valence electrons. The van der Waals surface area contributed by atoms with Gasteiger partial charge in [-0.3, -0.25) is 0 Å². The number of hydrogen-bond donors (Lipinski definition) is 0. The molecular formula is C16H10BO4. The molecule has 0 aliphatic carbocycles. The van der Waals surface area contributed by atoms with Crippen LogP contribution in [0.1, 0.15) is 0 Å². The van der Waals surface area contributed by atoms with E-state index < -0.39 is 0 Å². The molecule has 0 N–H and O–H groups in total. The number of para-hydroxylation sites is 2. The van der Waals surface area contributed by atoms with Gasteiger partial charge in [0, 0.05) is 22.9 Å². The van der Waals surface area contributed by atoms with Gasteiger partial charge in [-0.15, -0.1) is 0 Å². The van der Waals surface area contributed by atoms with E-state index in [-0.39, 0.29) is 0 Å². The maximum absolute atomic E-state index is 5.50. The second-order valence-electron chi connectivity index (χ2n) is 4.54. The molecule has 4 rings (SSSR count). The molecule has 1 radical (unpaired) electrons. The molecule has 0 amide bonds. The van der Waals surface area contributed by atoms with Crippen LogP contribution in [-0.4, -0.2) is 7.69 Å². The van der Waals surface area contributed by atoms with Crippen LogP contribution in [0.3, 0.4) is 0 Å². The van der Waals surface area contributed by atoms with Crippen LogP contribution >= 0.6 is 0 Å². The van der Waals surface area contributed by atoms with Gasteiger partial charge >= 0.3 is 7.69 Å². The first-order valence-corrected chi connectivity index (χ1v) is 6.51. The van der Waals surface area contributed by atoms with Crippen molar-refractivity contribution in [2.24, 2.45) is 0 Å². The average Bonchev–Trinajstić information content (AvgIpc) is 3.09. The molecule has 0 unspecified atom stereocenters. The van der Waals surface area contributed by atoms with Gasteiger partial charge in [0.15, 0.2) is 0 Å². The molecular weight excluding hydrogens is 267 g/mol. The summed E-state index contributed by atoms with van der Waals surface area (Å²) in [6.07, 6.45) is 0. The minimum atomic E-state index is 0.368. The normalized spacial score (nSPS) is 10.9. The Morgan fingerprint density at radius 3 is 1.62 bits per heavy atom. The van der Waals surface area contributed by atoms with Crippen molar-refractivity contribution >= 4 is 29.6 Å². The first-order chi connectivity index (χ1) is 10.4. The second kappa shape index (κ2) is 4.94. The molecule has 0 atom stereocenters. The summed E-state index contributed by atoms with van der Waals surface area (Å²) >= 11 is 0. The van der Waals surface area contributed by atoms with Crippen LogP contribution in [0.2, 0.25) is 0 Å². The highest BCUT2D eigenvalue weighted by Crippen LogP contribution is 2.26. The Hall–Kier alpha value is -2.82. The van der Waals surface area contributed by atoms with Gasteiger partial charge in [-0.2, -0.15) is 0 Å². The predicted molar refractivity (Wildman–Crippen MR) is 79.4 cm³/mol. The minimum Gasteiger partial charge on any atom is -0.499 e. The molecule has 0 bridgehead atoms. The molecule has 0 spiro atoms. The lowest BCUT2D eigenvalue weighted by Gasteiger charge is -1.99. The third-order valence-electron chi connectivity index (χ3n) is 3.13. The third-order valence-corrected chi connectivity index (χ3v) is 3.13. The average molecular weight is 277 g/mol. The Bertz CT molecular complexity index is 753. The van der Waals surface area contributed by atoms with Gasteiger partial charge in [-0.1, -0.05) is 36.4 Å². The Morgan fingerprint density at radius 1 is 0.667 bits per heavy atom. The van der Waals surface area contributed by atoms with E-state index >= 15 is 0 Å². The molecule has 4 nitrogen and oxygen atoms in total. The van der Waals surface area contributed by atoms with Gasteiger partial charge in [0.05, 0.1) is 0 Å². The molecule has 0 saturated heterocycles. The van der Waals surface area contributed by atoms with E-state index in [0.29, 0.717) is 11.9 Å². The fourth-order valence-corrected chi connectivity index (χ4v) is 2.15. The Labute approximate surface area is 121 Å². The molecule has 0 aliphatic heterocycles. The largest absolute Gasteiger partial charge is 0.662 e. The van der Waals surface area contributed by atoms with E-state index in [1.54, 1.807) is 12.1 Å². The number of fused-ring (bicyclic) bond motifs is 2. The van der Waals surface area contributed by atoms with Crippen molar-refractivity contribution in [3.63, 3.8) is 0 Å². The van der Waals surface area contributed by atoms with Crippen molar-refractivity contribution in [2.75, 3.05) is 0 Å². The topological polar surface area (TPSA) is 44.7 Å². The zero-order valence-electron chi connectivity index (χ0n) is 11.0. The summed E-state index contributed by atoms with van der Waals surface area (Å²) in [7, 11) is 1.19. The van der Waals surface area contributed by atoms with Gasteiger partial charge in [-0.25, -0.2) is 0 Å².